The number of benzene rings is 2. The molecule has 0 bridgehead atoms. The fourth-order valence-electron chi connectivity index (χ4n) is 4.87. The zero-order valence-electron chi connectivity index (χ0n) is 18.8. The Balaban J connectivity index is 1.92. The Labute approximate surface area is 198 Å². The monoisotopic (exact) mass is 469 g/mol. The maximum atomic E-state index is 13.4. The number of amides is 1. The highest BCUT2D eigenvalue weighted by molar-refractivity contribution is 6.47. The largest absolute Gasteiger partial charge is 0.507 e. The third-order valence-electron chi connectivity index (χ3n) is 6.39. The van der Waals surface area contributed by atoms with E-state index >= 15 is 0 Å². The zero-order chi connectivity index (χ0) is 23.5. The highest BCUT2D eigenvalue weighted by Crippen LogP contribution is 2.46. The van der Waals surface area contributed by atoms with Gasteiger partial charge in [0.25, 0.3) is 11.7 Å². The van der Waals surface area contributed by atoms with Crippen molar-refractivity contribution >= 4 is 29.1 Å². The van der Waals surface area contributed by atoms with Crippen molar-refractivity contribution in [1.82, 2.24) is 4.90 Å². The van der Waals surface area contributed by atoms with E-state index in [-0.39, 0.29) is 28.0 Å². The first kappa shape index (κ1) is 23.2. The molecule has 174 valence electrons. The van der Waals surface area contributed by atoms with Gasteiger partial charge in [-0.2, -0.15) is 0 Å². The van der Waals surface area contributed by atoms with Crippen molar-refractivity contribution in [3.8, 4) is 11.5 Å². The van der Waals surface area contributed by atoms with Gasteiger partial charge < -0.3 is 19.5 Å². The third-order valence-corrected chi connectivity index (χ3v) is 6.72. The lowest BCUT2D eigenvalue weighted by molar-refractivity contribution is -0.141. The summed E-state index contributed by atoms with van der Waals surface area (Å²) >= 11 is 6.41. The molecule has 1 unspecified atom stereocenters. The summed E-state index contributed by atoms with van der Waals surface area (Å²) in [4.78, 5) is 28.3. The number of carbonyl (C=O) groups excluding carboxylic acids is 2. The topological polar surface area (TPSA) is 76.1 Å². The Morgan fingerprint density at radius 3 is 2.55 bits per heavy atom. The van der Waals surface area contributed by atoms with Gasteiger partial charge in [-0.15, -0.1) is 0 Å². The normalized spacial score (nSPS) is 20.8. The number of rotatable bonds is 6. The Kier molecular flexibility index (Phi) is 6.94. The molecule has 1 aliphatic carbocycles. The summed E-state index contributed by atoms with van der Waals surface area (Å²) < 4.78 is 11.1. The first-order valence-electron chi connectivity index (χ1n) is 11.3. The van der Waals surface area contributed by atoms with Crippen molar-refractivity contribution in [2.75, 3.05) is 13.7 Å². The lowest BCUT2D eigenvalue weighted by Gasteiger charge is -2.35. The van der Waals surface area contributed by atoms with Gasteiger partial charge in [0.2, 0.25) is 0 Å². The highest BCUT2D eigenvalue weighted by Gasteiger charge is 2.49. The number of Topliss-reactive ketones (excluding diaryl/α,β-unsaturated/α-hetero) is 1. The number of aliphatic hydroxyl groups is 1. The zero-order valence-corrected chi connectivity index (χ0v) is 19.6. The van der Waals surface area contributed by atoms with E-state index in [1.807, 2.05) is 25.1 Å². The van der Waals surface area contributed by atoms with Crippen LogP contribution in [0, 0.1) is 0 Å². The first-order valence-corrected chi connectivity index (χ1v) is 11.7. The molecule has 2 aliphatic rings. The van der Waals surface area contributed by atoms with Gasteiger partial charge in [-0.25, -0.2) is 0 Å². The standard InChI is InChI=1S/C26H28ClNO5/c1-3-33-17-13-14-20(27)19(15-17)24(29)22-23(18-11-7-8-12-21(18)32-2)28(26(31)25(22)30)16-9-5-4-6-10-16/h7-8,11-16,23,29H,3-6,9-10H2,1-2H3/b24-22+. The van der Waals surface area contributed by atoms with Crippen LogP contribution in [0.15, 0.2) is 48.0 Å². The molecule has 1 amide bonds. The molecule has 0 radical (unpaired) electrons. The van der Waals surface area contributed by atoms with Gasteiger partial charge >= 0.3 is 0 Å². The molecule has 6 nitrogen and oxygen atoms in total. The number of nitrogens with zero attached hydrogens (tertiary/aromatic N) is 1. The van der Waals surface area contributed by atoms with Crippen LogP contribution in [0.3, 0.4) is 0 Å². The van der Waals surface area contributed by atoms with E-state index in [0.717, 1.165) is 32.1 Å². The van der Waals surface area contributed by atoms with E-state index < -0.39 is 17.7 Å². The van der Waals surface area contributed by atoms with Crippen LogP contribution in [0.1, 0.15) is 56.2 Å². The molecule has 1 saturated heterocycles. The van der Waals surface area contributed by atoms with Crippen LogP contribution >= 0.6 is 11.6 Å². The minimum Gasteiger partial charge on any atom is -0.507 e. The minimum atomic E-state index is -0.768. The molecule has 0 spiro atoms. The molecule has 1 N–H and O–H groups in total. The van der Waals surface area contributed by atoms with Gasteiger partial charge in [0.15, 0.2) is 0 Å². The van der Waals surface area contributed by atoms with Crippen molar-refractivity contribution in [2.45, 2.75) is 51.1 Å². The number of ketones is 1. The number of hydrogen-bond donors (Lipinski definition) is 1. The summed E-state index contributed by atoms with van der Waals surface area (Å²) in [6.45, 7) is 2.29. The van der Waals surface area contributed by atoms with Crippen LogP contribution in [0.5, 0.6) is 11.5 Å². The number of carbonyl (C=O) groups is 2. The second-order valence-corrected chi connectivity index (χ2v) is 8.72. The van der Waals surface area contributed by atoms with Crippen LogP contribution in [0.4, 0.5) is 0 Å². The quantitative estimate of drug-likeness (QED) is 0.343. The predicted molar refractivity (Wildman–Crippen MR) is 127 cm³/mol. The maximum absolute atomic E-state index is 13.4. The lowest BCUT2D eigenvalue weighted by Crippen LogP contribution is -2.40. The number of para-hydroxylation sites is 1. The van der Waals surface area contributed by atoms with Crippen molar-refractivity contribution in [2.24, 2.45) is 0 Å². The van der Waals surface area contributed by atoms with Crippen LogP contribution in [0.25, 0.3) is 5.76 Å². The van der Waals surface area contributed by atoms with Crippen molar-refractivity contribution < 1.29 is 24.2 Å². The van der Waals surface area contributed by atoms with E-state index in [2.05, 4.69) is 0 Å². The van der Waals surface area contributed by atoms with Crippen molar-refractivity contribution in [3.63, 3.8) is 0 Å². The summed E-state index contributed by atoms with van der Waals surface area (Å²) in [5.74, 6) is -0.568. The number of likely N-dealkylation sites (tertiary alicyclic amines) is 1. The van der Waals surface area contributed by atoms with E-state index in [1.165, 1.54) is 0 Å². The van der Waals surface area contributed by atoms with Crippen molar-refractivity contribution in [1.29, 1.82) is 0 Å². The molecule has 1 atom stereocenters. The molecular weight excluding hydrogens is 442 g/mol. The molecule has 33 heavy (non-hydrogen) atoms. The molecule has 1 saturated carbocycles. The Morgan fingerprint density at radius 2 is 1.85 bits per heavy atom. The van der Waals surface area contributed by atoms with E-state index in [4.69, 9.17) is 21.1 Å². The van der Waals surface area contributed by atoms with E-state index in [9.17, 15) is 14.7 Å². The van der Waals surface area contributed by atoms with Crippen LogP contribution in [-0.2, 0) is 9.59 Å². The molecule has 2 aromatic rings. The fourth-order valence-corrected chi connectivity index (χ4v) is 5.08. The van der Waals surface area contributed by atoms with Gasteiger partial charge in [-0.3, -0.25) is 9.59 Å². The summed E-state index contributed by atoms with van der Waals surface area (Å²) in [5.41, 5.74) is 0.929. The van der Waals surface area contributed by atoms with E-state index in [1.54, 1.807) is 36.3 Å². The maximum Gasteiger partial charge on any atom is 0.295 e. The Bertz CT molecular complexity index is 1090. The van der Waals surface area contributed by atoms with Crippen LogP contribution < -0.4 is 9.47 Å². The number of aliphatic hydroxyl groups excluding tert-OH is 1. The van der Waals surface area contributed by atoms with Gasteiger partial charge in [-0.1, -0.05) is 49.1 Å². The molecule has 1 aliphatic heterocycles. The lowest BCUT2D eigenvalue weighted by atomic mass is 9.90. The summed E-state index contributed by atoms with van der Waals surface area (Å²) in [5, 5.41) is 11.7. The average molecular weight is 470 g/mol. The minimum absolute atomic E-state index is 0.0191. The Hall–Kier alpha value is -2.99. The number of hydrogen-bond acceptors (Lipinski definition) is 5. The Morgan fingerprint density at radius 1 is 1.12 bits per heavy atom. The summed E-state index contributed by atoms with van der Waals surface area (Å²) in [6.07, 6.45) is 4.74. The molecule has 2 aromatic carbocycles. The van der Waals surface area contributed by atoms with Crippen molar-refractivity contribution in [3.05, 3.63) is 64.2 Å². The summed E-state index contributed by atoms with van der Waals surface area (Å²) in [6, 6.07) is 11.3. The SMILES string of the molecule is CCOc1ccc(Cl)c(/C(O)=C2\C(=O)C(=O)N(C3CCCCC3)C2c2ccccc2OC)c1. The molecule has 1 heterocycles. The van der Waals surface area contributed by atoms with Crippen LogP contribution in [-0.4, -0.2) is 41.5 Å². The average Bonchev–Trinajstić information content (AvgIpc) is 3.10. The molecule has 4 rings (SSSR count). The smallest absolute Gasteiger partial charge is 0.295 e. The fraction of sp³-hybridized carbons (Fsp3) is 0.385. The number of halogens is 1. The first-order chi connectivity index (χ1) is 16.0. The molecule has 2 fully saturated rings. The molecule has 7 heteroatoms. The second kappa shape index (κ2) is 9.87. The highest BCUT2D eigenvalue weighted by atomic mass is 35.5. The number of ether oxygens (including phenoxy) is 2. The van der Waals surface area contributed by atoms with Crippen LogP contribution in [0.2, 0.25) is 5.02 Å². The number of methoxy groups -OCH3 is 1. The van der Waals surface area contributed by atoms with Gasteiger partial charge in [0.05, 0.1) is 30.4 Å². The predicted octanol–water partition coefficient (Wildman–Crippen LogP) is 5.50. The molecular formula is C26H28ClNO5. The van der Waals surface area contributed by atoms with E-state index in [0.29, 0.717) is 23.7 Å². The van der Waals surface area contributed by atoms with Gasteiger partial charge in [0.1, 0.15) is 17.3 Å². The summed E-state index contributed by atoms with van der Waals surface area (Å²) in [7, 11) is 1.55. The third kappa shape index (κ3) is 4.32. The van der Waals surface area contributed by atoms with Gasteiger partial charge in [0, 0.05) is 17.2 Å². The van der Waals surface area contributed by atoms with Gasteiger partial charge in [-0.05, 0) is 44.0 Å². The molecule has 0 aromatic heterocycles. The second-order valence-electron chi connectivity index (χ2n) is 8.31.